The van der Waals surface area contributed by atoms with Gasteiger partial charge < -0.3 is 9.73 Å². The molecule has 1 aromatic carbocycles. The molecule has 0 fully saturated rings. The van der Waals surface area contributed by atoms with E-state index in [4.69, 9.17) is 4.42 Å². The van der Waals surface area contributed by atoms with Crippen LogP contribution in [0.25, 0.3) is 0 Å². The first-order valence-corrected chi connectivity index (χ1v) is 7.58. The van der Waals surface area contributed by atoms with Gasteiger partial charge in [-0.1, -0.05) is 19.9 Å². The van der Waals surface area contributed by atoms with Crippen LogP contribution < -0.4 is 5.32 Å². The molecule has 0 bridgehead atoms. The zero-order valence-electron chi connectivity index (χ0n) is 13.2. The van der Waals surface area contributed by atoms with E-state index in [1.807, 2.05) is 19.9 Å². The monoisotopic (exact) mass is 322 g/mol. The first kappa shape index (κ1) is 17.1. The number of hydrogen-bond acceptors (Lipinski definition) is 3. The molecule has 0 saturated heterocycles. The first-order chi connectivity index (χ1) is 11.1. The summed E-state index contributed by atoms with van der Waals surface area (Å²) >= 11 is 0. The maximum Gasteiger partial charge on any atom is 0.257 e. The summed E-state index contributed by atoms with van der Waals surface area (Å²) in [6.07, 6.45) is 1.56. The topological polar surface area (TPSA) is 45.5 Å². The smallest absolute Gasteiger partial charge is 0.257 e. The normalized spacial score (nSPS) is 12.4. The molecule has 0 aliphatic heterocycles. The van der Waals surface area contributed by atoms with Crippen molar-refractivity contribution < 1.29 is 18.0 Å². The van der Waals surface area contributed by atoms with Gasteiger partial charge in [0.05, 0.1) is 12.3 Å². The lowest BCUT2D eigenvalue weighted by molar-refractivity contribution is 0.0921. The van der Waals surface area contributed by atoms with Crippen molar-refractivity contribution in [3.05, 3.63) is 59.6 Å². The van der Waals surface area contributed by atoms with E-state index in [-0.39, 0.29) is 12.6 Å². The number of benzene rings is 1. The molecule has 0 spiro atoms. The third-order valence-corrected chi connectivity index (χ3v) is 3.77. The van der Waals surface area contributed by atoms with Crippen molar-refractivity contribution in [2.45, 2.75) is 19.9 Å². The fraction of sp³-hybridized carbons (Fsp3) is 0.353. The zero-order valence-corrected chi connectivity index (χ0v) is 13.2. The Morgan fingerprint density at radius 3 is 2.35 bits per heavy atom. The van der Waals surface area contributed by atoms with E-state index in [1.165, 1.54) is 6.07 Å². The Morgan fingerprint density at radius 2 is 1.83 bits per heavy atom. The van der Waals surface area contributed by atoms with Crippen molar-refractivity contribution in [1.29, 1.82) is 0 Å². The molecule has 2 rings (SSSR count). The number of hydrogen-bond donors (Lipinski definition) is 1. The van der Waals surface area contributed by atoms with E-state index < -0.39 is 23.1 Å². The largest absolute Gasteiger partial charge is 0.468 e. The summed E-state index contributed by atoms with van der Waals surface area (Å²) in [4.78, 5) is 14.2. The number of likely N-dealkylation sites (N-methyl/N-ethyl adjacent to an activating group) is 1. The molecule has 1 aromatic heterocycles. The average Bonchev–Trinajstić information content (AvgIpc) is 3.05. The molecule has 0 aliphatic rings. The fourth-order valence-corrected chi connectivity index (χ4v) is 2.55. The number of carbonyl (C=O) groups excluding carboxylic acids is 1. The van der Waals surface area contributed by atoms with Gasteiger partial charge in [-0.3, -0.25) is 9.69 Å². The van der Waals surface area contributed by atoms with Gasteiger partial charge in [-0.2, -0.15) is 0 Å². The molecule has 6 heteroatoms. The van der Waals surface area contributed by atoms with Crippen molar-refractivity contribution in [2.75, 3.05) is 19.6 Å². The summed E-state index contributed by atoms with van der Waals surface area (Å²) < 4.78 is 32.7. The Hall–Kier alpha value is -2.21. The molecule has 124 valence electrons. The number of halogens is 2. The summed E-state index contributed by atoms with van der Waals surface area (Å²) in [5.41, 5.74) is -0.565. The molecular formula is C17H20F2N2O2. The third-order valence-electron chi connectivity index (χ3n) is 3.77. The van der Waals surface area contributed by atoms with E-state index in [1.54, 1.807) is 12.3 Å². The second-order valence-corrected chi connectivity index (χ2v) is 5.06. The molecule has 1 atom stereocenters. The minimum absolute atomic E-state index is 0.196. The third kappa shape index (κ3) is 3.96. The van der Waals surface area contributed by atoms with Crippen molar-refractivity contribution >= 4 is 5.91 Å². The average molecular weight is 322 g/mol. The molecule has 4 nitrogen and oxygen atoms in total. The van der Waals surface area contributed by atoms with Crippen LogP contribution in [0.15, 0.2) is 41.0 Å². The highest BCUT2D eigenvalue weighted by Crippen LogP contribution is 2.20. The van der Waals surface area contributed by atoms with Gasteiger partial charge in [0.15, 0.2) is 0 Å². The van der Waals surface area contributed by atoms with Crippen LogP contribution in [0.1, 0.15) is 36.0 Å². The van der Waals surface area contributed by atoms with Gasteiger partial charge in [-0.25, -0.2) is 8.78 Å². The van der Waals surface area contributed by atoms with Crippen LogP contribution in [0.4, 0.5) is 8.78 Å². The Bertz CT molecular complexity index is 620. The van der Waals surface area contributed by atoms with Gasteiger partial charge in [0.1, 0.15) is 23.0 Å². The lowest BCUT2D eigenvalue weighted by Crippen LogP contribution is -2.38. The SMILES string of the molecule is CCN(CC)[C@@H](CNC(=O)c1c(F)cccc1F)c1ccco1. The predicted molar refractivity (Wildman–Crippen MR) is 83.1 cm³/mol. The van der Waals surface area contributed by atoms with Crippen molar-refractivity contribution in [3.8, 4) is 0 Å². The van der Waals surface area contributed by atoms with Crippen LogP contribution in [0, 0.1) is 11.6 Å². The molecule has 1 N–H and O–H groups in total. The van der Waals surface area contributed by atoms with Gasteiger partial charge in [0, 0.05) is 6.54 Å². The van der Waals surface area contributed by atoms with Crippen LogP contribution in [0.5, 0.6) is 0 Å². The highest BCUT2D eigenvalue weighted by Gasteiger charge is 2.23. The highest BCUT2D eigenvalue weighted by atomic mass is 19.1. The van der Waals surface area contributed by atoms with Gasteiger partial charge in [-0.15, -0.1) is 0 Å². The molecule has 1 amide bonds. The van der Waals surface area contributed by atoms with Crippen molar-refractivity contribution in [3.63, 3.8) is 0 Å². The quantitative estimate of drug-likeness (QED) is 0.850. The lowest BCUT2D eigenvalue weighted by Gasteiger charge is -2.28. The standard InChI is InChI=1S/C17H20F2N2O2/c1-3-21(4-2)14(15-9-6-10-23-15)11-20-17(22)16-12(18)7-5-8-13(16)19/h5-10,14H,3-4,11H2,1-2H3,(H,20,22)/t14-/m0/s1. The van der Waals surface area contributed by atoms with Crippen LogP contribution in [-0.4, -0.2) is 30.4 Å². The number of carbonyl (C=O) groups is 1. The summed E-state index contributed by atoms with van der Waals surface area (Å²) in [5.74, 6) is -1.83. The second kappa shape index (κ2) is 7.87. The molecule has 0 aliphatic carbocycles. The van der Waals surface area contributed by atoms with E-state index in [9.17, 15) is 13.6 Å². The van der Waals surface area contributed by atoms with E-state index >= 15 is 0 Å². The maximum atomic E-state index is 13.7. The van der Waals surface area contributed by atoms with Gasteiger partial charge in [0.2, 0.25) is 0 Å². The number of rotatable bonds is 7. The molecule has 0 unspecified atom stereocenters. The van der Waals surface area contributed by atoms with Gasteiger partial charge in [-0.05, 0) is 37.4 Å². The molecule has 0 radical (unpaired) electrons. The van der Waals surface area contributed by atoms with E-state index in [0.717, 1.165) is 25.2 Å². The van der Waals surface area contributed by atoms with Crippen LogP contribution in [-0.2, 0) is 0 Å². The Labute approximate surface area is 134 Å². The highest BCUT2D eigenvalue weighted by molar-refractivity contribution is 5.94. The number of furan rings is 1. The number of nitrogens with one attached hydrogen (secondary N) is 1. The summed E-state index contributed by atoms with van der Waals surface area (Å²) in [7, 11) is 0. The van der Waals surface area contributed by atoms with Gasteiger partial charge >= 0.3 is 0 Å². The Kier molecular flexibility index (Phi) is 5.87. The molecule has 2 aromatic rings. The molecule has 0 saturated carbocycles. The predicted octanol–water partition coefficient (Wildman–Crippen LogP) is 3.37. The zero-order chi connectivity index (χ0) is 16.8. The van der Waals surface area contributed by atoms with E-state index in [2.05, 4.69) is 10.2 Å². The Morgan fingerprint density at radius 1 is 1.17 bits per heavy atom. The Balaban J connectivity index is 2.14. The second-order valence-electron chi connectivity index (χ2n) is 5.06. The van der Waals surface area contributed by atoms with Crippen LogP contribution in [0.2, 0.25) is 0 Å². The van der Waals surface area contributed by atoms with Crippen molar-refractivity contribution in [2.24, 2.45) is 0 Å². The number of nitrogens with zero attached hydrogens (tertiary/aromatic N) is 1. The lowest BCUT2D eigenvalue weighted by atomic mass is 10.1. The summed E-state index contributed by atoms with van der Waals surface area (Å²) in [5, 5.41) is 2.60. The molecular weight excluding hydrogens is 302 g/mol. The number of amides is 1. The minimum atomic E-state index is -0.875. The summed E-state index contributed by atoms with van der Waals surface area (Å²) in [6.45, 7) is 5.70. The van der Waals surface area contributed by atoms with Crippen LogP contribution in [0.3, 0.4) is 0 Å². The summed E-state index contributed by atoms with van der Waals surface area (Å²) in [6, 6.07) is 6.74. The molecule has 23 heavy (non-hydrogen) atoms. The van der Waals surface area contributed by atoms with Crippen LogP contribution >= 0.6 is 0 Å². The van der Waals surface area contributed by atoms with E-state index in [0.29, 0.717) is 5.76 Å². The first-order valence-electron chi connectivity index (χ1n) is 7.58. The van der Waals surface area contributed by atoms with Crippen molar-refractivity contribution in [1.82, 2.24) is 10.2 Å². The van der Waals surface area contributed by atoms with Gasteiger partial charge in [0.25, 0.3) is 5.91 Å². The maximum absolute atomic E-state index is 13.7. The molecule has 1 heterocycles. The minimum Gasteiger partial charge on any atom is -0.468 e. The fourth-order valence-electron chi connectivity index (χ4n) is 2.55.